The van der Waals surface area contributed by atoms with Crippen LogP contribution >= 0.6 is 0 Å². The smallest absolute Gasteiger partial charge is 0.157 e. The molecule has 0 aliphatic carbocycles. The fourth-order valence-corrected chi connectivity index (χ4v) is 4.71. The van der Waals surface area contributed by atoms with E-state index in [1.54, 1.807) is 0 Å². The third kappa shape index (κ3) is 31.9. The zero-order valence-electron chi connectivity index (χ0n) is 24.7. The molecule has 0 heterocycles. The van der Waals surface area contributed by atoms with Gasteiger partial charge in [-0.2, -0.15) is 0 Å². The van der Waals surface area contributed by atoms with E-state index in [1.165, 1.54) is 154 Å². The van der Waals surface area contributed by atoms with E-state index in [-0.39, 0.29) is 11.8 Å². The number of rotatable bonds is 30. The van der Waals surface area contributed by atoms with Crippen LogP contribution in [0.25, 0.3) is 0 Å². The van der Waals surface area contributed by atoms with Gasteiger partial charge in [0.2, 0.25) is 0 Å². The van der Waals surface area contributed by atoms with Crippen LogP contribution in [0.3, 0.4) is 0 Å². The molecule has 1 unspecified atom stereocenters. The van der Waals surface area contributed by atoms with Crippen molar-refractivity contribution >= 4 is 0 Å². The molecular formula is C32H68O3. The minimum absolute atomic E-state index is 0. The van der Waals surface area contributed by atoms with Gasteiger partial charge in [0, 0.05) is 13.2 Å². The van der Waals surface area contributed by atoms with Crippen molar-refractivity contribution < 1.29 is 14.9 Å². The molecule has 0 aromatic heterocycles. The highest BCUT2D eigenvalue weighted by Gasteiger charge is 2.09. The van der Waals surface area contributed by atoms with Gasteiger partial charge in [0.15, 0.2) is 6.29 Å². The van der Waals surface area contributed by atoms with E-state index in [4.69, 9.17) is 9.47 Å². The molecule has 0 radical (unpaired) electrons. The summed E-state index contributed by atoms with van der Waals surface area (Å²) >= 11 is 0. The lowest BCUT2D eigenvalue weighted by Crippen LogP contribution is -2.19. The summed E-state index contributed by atoms with van der Waals surface area (Å²) in [7, 11) is 0. The topological polar surface area (TPSA) is 50.0 Å². The van der Waals surface area contributed by atoms with Gasteiger partial charge in [0.05, 0.1) is 0 Å². The summed E-state index contributed by atoms with van der Waals surface area (Å²) in [5, 5.41) is 0. The molecule has 0 saturated heterocycles. The Morgan fingerprint density at radius 2 is 0.629 bits per heavy atom. The highest BCUT2D eigenvalue weighted by atomic mass is 16.7. The first-order valence-corrected chi connectivity index (χ1v) is 16.1. The molecule has 0 aliphatic rings. The van der Waals surface area contributed by atoms with Crippen molar-refractivity contribution in [3.8, 4) is 0 Å². The summed E-state index contributed by atoms with van der Waals surface area (Å²) < 4.78 is 12.2. The Morgan fingerprint density at radius 3 is 1.00 bits per heavy atom. The Balaban J connectivity index is 0. The Bertz CT molecular complexity index is 348. The molecule has 2 N–H and O–H groups in total. The molecule has 35 heavy (non-hydrogen) atoms. The minimum atomic E-state index is 0. The highest BCUT2D eigenvalue weighted by Crippen LogP contribution is 2.16. The van der Waals surface area contributed by atoms with Crippen molar-refractivity contribution in [3.63, 3.8) is 0 Å². The van der Waals surface area contributed by atoms with Gasteiger partial charge < -0.3 is 14.9 Å². The first-order valence-electron chi connectivity index (χ1n) is 16.1. The van der Waals surface area contributed by atoms with Crippen molar-refractivity contribution in [1.82, 2.24) is 0 Å². The molecule has 0 amide bonds. The van der Waals surface area contributed by atoms with E-state index in [9.17, 15) is 0 Å². The van der Waals surface area contributed by atoms with Crippen LogP contribution < -0.4 is 0 Å². The van der Waals surface area contributed by atoms with Crippen molar-refractivity contribution in [2.24, 2.45) is 0 Å². The van der Waals surface area contributed by atoms with Crippen molar-refractivity contribution in [2.45, 2.75) is 194 Å². The monoisotopic (exact) mass is 501 g/mol. The molecule has 3 nitrogen and oxygen atoms in total. The van der Waals surface area contributed by atoms with Gasteiger partial charge in [-0.3, -0.25) is 0 Å². The summed E-state index contributed by atoms with van der Waals surface area (Å²) in [6, 6.07) is 0. The average molecular weight is 501 g/mol. The van der Waals surface area contributed by atoms with Crippen molar-refractivity contribution in [1.29, 1.82) is 0 Å². The predicted molar refractivity (Wildman–Crippen MR) is 156 cm³/mol. The largest absolute Gasteiger partial charge is 0.412 e. The fraction of sp³-hybridized carbons (Fsp3) is 1.00. The first-order chi connectivity index (χ1) is 16.8. The van der Waals surface area contributed by atoms with Gasteiger partial charge in [0.25, 0.3) is 0 Å². The van der Waals surface area contributed by atoms with Gasteiger partial charge in [0.1, 0.15) is 0 Å². The Morgan fingerprint density at radius 1 is 0.343 bits per heavy atom. The number of ether oxygens (including phenoxy) is 2. The van der Waals surface area contributed by atoms with Gasteiger partial charge in [-0.05, 0) is 25.7 Å². The standard InChI is InChI=1S/C32H66O2.H2O/c1-4-7-10-12-14-16-18-19-20-21-23-25-27-29-32(33-30-9-6-3)34-31-28-26-24-22-17-15-13-11-8-5-2;/h32H,4-31H2,1-3H3;1H2. The molecular weight excluding hydrogens is 432 g/mol. The lowest BCUT2D eigenvalue weighted by Gasteiger charge is -2.18. The van der Waals surface area contributed by atoms with Crippen LogP contribution in [0.15, 0.2) is 0 Å². The molecule has 0 aliphatic heterocycles. The second-order valence-electron chi connectivity index (χ2n) is 10.7. The van der Waals surface area contributed by atoms with Gasteiger partial charge >= 0.3 is 0 Å². The van der Waals surface area contributed by atoms with Crippen LogP contribution in [0.1, 0.15) is 188 Å². The molecule has 3 heteroatoms. The van der Waals surface area contributed by atoms with Crippen LogP contribution in [0.4, 0.5) is 0 Å². The number of hydrogen-bond acceptors (Lipinski definition) is 2. The summed E-state index contributed by atoms with van der Waals surface area (Å²) in [4.78, 5) is 0. The van der Waals surface area contributed by atoms with E-state index in [1.807, 2.05) is 0 Å². The molecule has 0 saturated carbocycles. The second kappa shape index (κ2) is 33.9. The Labute approximate surface area is 222 Å². The SMILES string of the molecule is CCCCCCCCCCCCCCCC(OCCCC)OCCCCCCCCCCCC.O. The summed E-state index contributed by atoms with van der Waals surface area (Å²) in [5.41, 5.74) is 0. The number of hydrogen-bond donors (Lipinski definition) is 0. The maximum Gasteiger partial charge on any atom is 0.157 e. The van der Waals surface area contributed by atoms with E-state index >= 15 is 0 Å². The third-order valence-electron chi connectivity index (χ3n) is 7.15. The maximum atomic E-state index is 6.15. The third-order valence-corrected chi connectivity index (χ3v) is 7.15. The zero-order chi connectivity index (χ0) is 24.8. The van der Waals surface area contributed by atoms with Crippen LogP contribution in [0.5, 0.6) is 0 Å². The van der Waals surface area contributed by atoms with E-state index in [2.05, 4.69) is 20.8 Å². The zero-order valence-corrected chi connectivity index (χ0v) is 24.7. The molecule has 1 atom stereocenters. The van der Waals surface area contributed by atoms with E-state index in [0.717, 1.165) is 26.1 Å². The van der Waals surface area contributed by atoms with Crippen LogP contribution in [0, 0.1) is 0 Å². The molecule has 0 rings (SSSR count). The Kier molecular flexibility index (Phi) is 35.8. The van der Waals surface area contributed by atoms with Gasteiger partial charge in [-0.15, -0.1) is 0 Å². The predicted octanol–water partition coefficient (Wildman–Crippen LogP) is 10.7. The van der Waals surface area contributed by atoms with Crippen molar-refractivity contribution in [2.75, 3.05) is 13.2 Å². The quantitative estimate of drug-likeness (QED) is 0.0727. The summed E-state index contributed by atoms with van der Waals surface area (Å²) in [5.74, 6) is 0. The lowest BCUT2D eigenvalue weighted by molar-refractivity contribution is -0.147. The second-order valence-corrected chi connectivity index (χ2v) is 10.7. The first kappa shape index (κ1) is 37.0. The molecule has 214 valence electrons. The molecule has 0 fully saturated rings. The van der Waals surface area contributed by atoms with Crippen LogP contribution in [0.2, 0.25) is 0 Å². The fourth-order valence-electron chi connectivity index (χ4n) is 4.71. The maximum absolute atomic E-state index is 6.15. The van der Waals surface area contributed by atoms with Crippen molar-refractivity contribution in [3.05, 3.63) is 0 Å². The van der Waals surface area contributed by atoms with Gasteiger partial charge in [-0.25, -0.2) is 0 Å². The minimum Gasteiger partial charge on any atom is -0.412 e. The van der Waals surface area contributed by atoms with Crippen LogP contribution in [-0.4, -0.2) is 25.0 Å². The van der Waals surface area contributed by atoms with Crippen LogP contribution in [-0.2, 0) is 9.47 Å². The highest BCUT2D eigenvalue weighted by molar-refractivity contribution is 4.53. The normalized spacial score (nSPS) is 12.1. The Hall–Kier alpha value is -0.120. The average Bonchev–Trinajstić information content (AvgIpc) is 2.85. The molecule has 0 aromatic rings. The molecule has 0 aromatic carbocycles. The van der Waals surface area contributed by atoms with Gasteiger partial charge in [-0.1, -0.05) is 162 Å². The van der Waals surface area contributed by atoms with E-state index in [0.29, 0.717) is 0 Å². The molecule has 0 bridgehead atoms. The summed E-state index contributed by atoms with van der Waals surface area (Å²) in [6.07, 6.45) is 35.6. The summed E-state index contributed by atoms with van der Waals surface area (Å²) in [6.45, 7) is 8.56. The molecule has 0 spiro atoms. The lowest BCUT2D eigenvalue weighted by atomic mass is 10.0. The number of unbranched alkanes of at least 4 members (excludes halogenated alkanes) is 22. The van der Waals surface area contributed by atoms with E-state index < -0.39 is 0 Å².